The van der Waals surface area contributed by atoms with E-state index in [-0.39, 0.29) is 25.1 Å². The molecule has 0 saturated carbocycles. The number of hydrogen-bond donors (Lipinski definition) is 2. The molecule has 26 heavy (non-hydrogen) atoms. The lowest BCUT2D eigenvalue weighted by atomic mass is 10.1. The Balaban J connectivity index is 1.97. The average molecular weight is 371 g/mol. The normalized spacial score (nSPS) is 17.6. The number of ether oxygens (including phenoxy) is 2. The van der Waals surface area contributed by atoms with Crippen LogP contribution in [-0.2, 0) is 23.9 Å². The summed E-state index contributed by atoms with van der Waals surface area (Å²) in [5, 5.41) is 12.2. The minimum Gasteiger partial charge on any atom is -0.463 e. The third-order valence-corrected chi connectivity index (χ3v) is 4.37. The molecule has 1 fully saturated rings. The average Bonchev–Trinajstić information content (AvgIpc) is 3.06. The van der Waals surface area contributed by atoms with Crippen LogP contribution in [0, 0.1) is 0 Å². The van der Waals surface area contributed by atoms with Gasteiger partial charge in [-0.15, -0.1) is 0 Å². The minimum atomic E-state index is -1.06. The molecule has 1 unspecified atom stereocenters. The van der Waals surface area contributed by atoms with Gasteiger partial charge in [0.05, 0.1) is 0 Å². The lowest BCUT2D eigenvalue weighted by Gasteiger charge is -2.14. The number of carbonyl (C=O) groups is 3. The third kappa shape index (κ3) is 10.4. The summed E-state index contributed by atoms with van der Waals surface area (Å²) in [6, 6.07) is -0.640. The number of rotatable bonds is 14. The quantitative estimate of drug-likeness (QED) is 0.359. The first-order valence-electron chi connectivity index (χ1n) is 9.82. The number of aliphatic hydroxyl groups is 1. The van der Waals surface area contributed by atoms with Crippen LogP contribution < -0.4 is 5.32 Å². The van der Waals surface area contributed by atoms with Crippen molar-refractivity contribution in [3.8, 4) is 0 Å². The molecule has 2 N–H and O–H groups in total. The van der Waals surface area contributed by atoms with Gasteiger partial charge >= 0.3 is 11.9 Å². The fourth-order valence-corrected chi connectivity index (χ4v) is 2.78. The van der Waals surface area contributed by atoms with Crippen molar-refractivity contribution < 1.29 is 29.0 Å². The highest BCUT2D eigenvalue weighted by Crippen LogP contribution is 2.10. The molecule has 1 aliphatic heterocycles. The topological polar surface area (TPSA) is 102 Å². The van der Waals surface area contributed by atoms with E-state index >= 15 is 0 Å². The first-order valence-corrected chi connectivity index (χ1v) is 9.82. The molecular weight excluding hydrogens is 338 g/mol. The fourth-order valence-electron chi connectivity index (χ4n) is 2.78. The van der Waals surface area contributed by atoms with E-state index in [2.05, 4.69) is 12.2 Å². The molecular formula is C19H33NO6. The van der Waals surface area contributed by atoms with E-state index in [0.717, 1.165) is 19.3 Å². The Morgan fingerprint density at radius 2 is 1.69 bits per heavy atom. The summed E-state index contributed by atoms with van der Waals surface area (Å²) in [6.45, 7) is 1.75. The molecule has 1 saturated heterocycles. The van der Waals surface area contributed by atoms with Crippen molar-refractivity contribution in [2.75, 3.05) is 13.2 Å². The van der Waals surface area contributed by atoms with Crippen LogP contribution in [-0.4, -0.2) is 48.3 Å². The molecule has 0 aromatic heterocycles. The molecule has 0 bridgehead atoms. The number of carbonyl (C=O) groups excluding carboxylic acids is 3. The summed E-state index contributed by atoms with van der Waals surface area (Å²) in [5.41, 5.74) is 0. The van der Waals surface area contributed by atoms with Gasteiger partial charge in [0.25, 0.3) is 0 Å². The van der Waals surface area contributed by atoms with Crippen LogP contribution in [0.5, 0.6) is 0 Å². The third-order valence-electron chi connectivity index (χ3n) is 4.37. The monoisotopic (exact) mass is 371 g/mol. The van der Waals surface area contributed by atoms with Gasteiger partial charge in [0.1, 0.15) is 25.4 Å². The molecule has 150 valence electrons. The summed E-state index contributed by atoms with van der Waals surface area (Å²) >= 11 is 0. The summed E-state index contributed by atoms with van der Waals surface area (Å²) < 4.78 is 9.92. The van der Waals surface area contributed by atoms with Crippen LogP contribution in [0.3, 0.4) is 0 Å². The van der Waals surface area contributed by atoms with Gasteiger partial charge in [-0.1, -0.05) is 51.9 Å². The molecule has 7 heteroatoms. The van der Waals surface area contributed by atoms with Crippen LogP contribution in [0.4, 0.5) is 0 Å². The highest BCUT2D eigenvalue weighted by molar-refractivity contribution is 5.88. The van der Waals surface area contributed by atoms with Crippen molar-refractivity contribution >= 4 is 17.8 Å². The zero-order chi connectivity index (χ0) is 19.2. The van der Waals surface area contributed by atoms with E-state index in [9.17, 15) is 19.5 Å². The zero-order valence-electron chi connectivity index (χ0n) is 15.8. The van der Waals surface area contributed by atoms with Crippen LogP contribution in [0.1, 0.15) is 77.6 Å². The van der Waals surface area contributed by atoms with Gasteiger partial charge in [-0.2, -0.15) is 0 Å². The Bertz CT molecular complexity index is 440. The molecule has 1 amide bonds. The van der Waals surface area contributed by atoms with E-state index in [4.69, 9.17) is 9.47 Å². The largest absolute Gasteiger partial charge is 0.463 e. The van der Waals surface area contributed by atoms with Crippen molar-refractivity contribution in [2.45, 2.75) is 89.7 Å². The summed E-state index contributed by atoms with van der Waals surface area (Å²) in [7, 11) is 0. The lowest BCUT2D eigenvalue weighted by Crippen LogP contribution is -2.36. The van der Waals surface area contributed by atoms with Gasteiger partial charge in [-0.25, -0.2) is 4.79 Å². The molecule has 1 rings (SSSR count). The molecule has 0 aromatic carbocycles. The summed E-state index contributed by atoms with van der Waals surface area (Å²) in [5.74, 6) is -1.09. The Kier molecular flexibility index (Phi) is 11.7. The second-order valence-electron chi connectivity index (χ2n) is 6.85. The molecule has 2 atom stereocenters. The second kappa shape index (κ2) is 13.6. The number of nitrogens with one attached hydrogen (secondary N) is 1. The SMILES string of the molecule is CCCCCCCCCCC(=O)OCC(O)COC(=O)[C@H]1CCC(=O)N1. The lowest BCUT2D eigenvalue weighted by molar-refractivity contribution is -0.154. The van der Waals surface area contributed by atoms with Gasteiger partial charge < -0.3 is 19.9 Å². The number of amides is 1. The van der Waals surface area contributed by atoms with Crippen LogP contribution in [0.25, 0.3) is 0 Å². The van der Waals surface area contributed by atoms with E-state index in [0.29, 0.717) is 19.3 Å². The number of aliphatic hydroxyl groups excluding tert-OH is 1. The van der Waals surface area contributed by atoms with Crippen LogP contribution in [0.15, 0.2) is 0 Å². The van der Waals surface area contributed by atoms with Crippen molar-refractivity contribution in [1.29, 1.82) is 0 Å². The molecule has 0 spiro atoms. The van der Waals surface area contributed by atoms with Crippen molar-refractivity contribution in [2.24, 2.45) is 0 Å². The highest BCUT2D eigenvalue weighted by Gasteiger charge is 2.28. The van der Waals surface area contributed by atoms with Gasteiger partial charge in [-0.05, 0) is 12.8 Å². The maximum atomic E-state index is 11.7. The Hall–Kier alpha value is -1.63. The molecule has 0 aromatic rings. The predicted octanol–water partition coefficient (Wildman–Crippen LogP) is 2.24. The Morgan fingerprint density at radius 3 is 2.31 bits per heavy atom. The molecule has 0 radical (unpaired) electrons. The molecule has 7 nitrogen and oxygen atoms in total. The van der Waals surface area contributed by atoms with Crippen LogP contribution >= 0.6 is 0 Å². The van der Waals surface area contributed by atoms with E-state index in [1.807, 2.05) is 0 Å². The maximum Gasteiger partial charge on any atom is 0.328 e. The Morgan fingerprint density at radius 1 is 1.08 bits per heavy atom. The first kappa shape index (κ1) is 22.4. The van der Waals surface area contributed by atoms with Crippen molar-refractivity contribution in [1.82, 2.24) is 5.32 Å². The van der Waals surface area contributed by atoms with E-state index in [1.54, 1.807) is 0 Å². The second-order valence-corrected chi connectivity index (χ2v) is 6.85. The van der Waals surface area contributed by atoms with E-state index in [1.165, 1.54) is 32.1 Å². The predicted molar refractivity (Wildman–Crippen MR) is 96.3 cm³/mol. The number of hydrogen-bond acceptors (Lipinski definition) is 6. The van der Waals surface area contributed by atoms with Crippen molar-refractivity contribution in [3.63, 3.8) is 0 Å². The van der Waals surface area contributed by atoms with Gasteiger partial charge in [-0.3, -0.25) is 9.59 Å². The van der Waals surface area contributed by atoms with Crippen LogP contribution in [0.2, 0.25) is 0 Å². The standard InChI is InChI=1S/C19H33NO6/c1-2-3-4-5-6-7-8-9-10-18(23)25-13-15(21)14-26-19(24)16-11-12-17(22)20-16/h15-16,21H,2-14H2,1H3,(H,20,22)/t15?,16-/m1/s1. The number of esters is 2. The molecule has 0 aliphatic carbocycles. The molecule has 1 heterocycles. The Labute approximate surface area is 155 Å². The van der Waals surface area contributed by atoms with Gasteiger partial charge in [0, 0.05) is 12.8 Å². The fraction of sp³-hybridized carbons (Fsp3) is 0.842. The van der Waals surface area contributed by atoms with Crippen molar-refractivity contribution in [3.05, 3.63) is 0 Å². The minimum absolute atomic E-state index is 0.178. The summed E-state index contributed by atoms with van der Waals surface area (Å²) in [4.78, 5) is 34.3. The zero-order valence-corrected chi connectivity index (χ0v) is 15.8. The van der Waals surface area contributed by atoms with E-state index < -0.39 is 18.1 Å². The van der Waals surface area contributed by atoms with Gasteiger partial charge in [0.15, 0.2) is 0 Å². The summed E-state index contributed by atoms with van der Waals surface area (Å²) in [6.07, 6.45) is 9.21. The highest BCUT2D eigenvalue weighted by atomic mass is 16.6. The van der Waals surface area contributed by atoms with Gasteiger partial charge in [0.2, 0.25) is 5.91 Å². The number of unbranched alkanes of at least 4 members (excludes halogenated alkanes) is 7. The molecule has 1 aliphatic rings. The maximum absolute atomic E-state index is 11.7. The smallest absolute Gasteiger partial charge is 0.328 e. The first-order chi connectivity index (χ1) is 12.5.